The van der Waals surface area contributed by atoms with Crippen LogP contribution in [0.3, 0.4) is 0 Å². The molecular formula is C20H18BrN3S. The van der Waals surface area contributed by atoms with Crippen molar-refractivity contribution >= 4 is 44.4 Å². The summed E-state index contributed by atoms with van der Waals surface area (Å²) < 4.78 is 3.14. The Morgan fingerprint density at radius 1 is 1.00 bits per heavy atom. The number of rotatable bonds is 3. The Hall–Kier alpha value is -2.11. The number of nitrogens with one attached hydrogen (secondary N) is 1. The van der Waals surface area contributed by atoms with Crippen molar-refractivity contribution < 1.29 is 0 Å². The van der Waals surface area contributed by atoms with Gasteiger partial charge in [-0.05, 0) is 77.0 Å². The summed E-state index contributed by atoms with van der Waals surface area (Å²) >= 11 is 5.31. The Morgan fingerprint density at radius 2 is 1.76 bits per heavy atom. The van der Waals surface area contributed by atoms with Gasteiger partial charge >= 0.3 is 0 Å². The van der Waals surface area contributed by atoms with Crippen molar-refractivity contribution in [2.45, 2.75) is 20.8 Å². The topological polar surface area (TPSA) is 29.3 Å². The zero-order valence-electron chi connectivity index (χ0n) is 14.3. The number of thiophene rings is 1. The summed E-state index contributed by atoms with van der Waals surface area (Å²) in [6.07, 6.45) is 2.06. The number of halogens is 1. The van der Waals surface area contributed by atoms with Gasteiger partial charge in [0.1, 0.15) is 17.2 Å². The van der Waals surface area contributed by atoms with Crippen LogP contribution >= 0.6 is 27.3 Å². The highest BCUT2D eigenvalue weighted by atomic mass is 79.9. The van der Waals surface area contributed by atoms with Crippen LogP contribution in [-0.4, -0.2) is 9.38 Å². The van der Waals surface area contributed by atoms with Crippen molar-refractivity contribution in [3.63, 3.8) is 0 Å². The predicted octanol–water partition coefficient (Wildman–Crippen LogP) is 6.49. The lowest BCUT2D eigenvalue weighted by molar-refractivity contribution is 1.17. The molecule has 4 rings (SSSR count). The molecule has 0 aliphatic heterocycles. The van der Waals surface area contributed by atoms with E-state index >= 15 is 0 Å². The molecule has 0 aliphatic rings. The molecule has 3 aromatic heterocycles. The number of pyridine rings is 1. The maximum Gasteiger partial charge on any atom is 0.144 e. The third-order valence-corrected chi connectivity index (χ3v) is 5.88. The van der Waals surface area contributed by atoms with Crippen molar-refractivity contribution in [2.75, 3.05) is 5.32 Å². The molecule has 25 heavy (non-hydrogen) atoms. The van der Waals surface area contributed by atoms with Gasteiger partial charge in [0.2, 0.25) is 0 Å². The number of aryl methyl sites for hydroxylation is 3. The van der Waals surface area contributed by atoms with Crippen molar-refractivity contribution in [3.8, 4) is 10.6 Å². The van der Waals surface area contributed by atoms with Crippen LogP contribution in [-0.2, 0) is 0 Å². The summed E-state index contributed by atoms with van der Waals surface area (Å²) in [5.41, 5.74) is 6.75. The molecular weight excluding hydrogens is 394 g/mol. The van der Waals surface area contributed by atoms with E-state index in [9.17, 15) is 0 Å². The van der Waals surface area contributed by atoms with E-state index in [2.05, 4.69) is 82.3 Å². The number of fused-ring (bicyclic) bond motifs is 1. The first-order valence-electron chi connectivity index (χ1n) is 8.10. The Kier molecular flexibility index (Phi) is 4.13. The Morgan fingerprint density at radius 3 is 2.44 bits per heavy atom. The van der Waals surface area contributed by atoms with Crippen molar-refractivity contribution in [1.82, 2.24) is 9.38 Å². The van der Waals surface area contributed by atoms with E-state index in [-0.39, 0.29) is 0 Å². The average Bonchev–Trinajstić information content (AvgIpc) is 3.14. The summed E-state index contributed by atoms with van der Waals surface area (Å²) in [5, 5.41) is 5.78. The van der Waals surface area contributed by atoms with Crippen LogP contribution < -0.4 is 5.32 Å². The van der Waals surface area contributed by atoms with Gasteiger partial charge in [-0.3, -0.25) is 4.40 Å². The molecule has 0 saturated carbocycles. The quantitative estimate of drug-likeness (QED) is 0.417. The van der Waals surface area contributed by atoms with Crippen LogP contribution in [0.25, 0.3) is 16.2 Å². The fraction of sp³-hybridized carbons (Fsp3) is 0.150. The summed E-state index contributed by atoms with van der Waals surface area (Å²) in [6, 6.07) is 12.5. The van der Waals surface area contributed by atoms with Gasteiger partial charge in [0.15, 0.2) is 0 Å². The molecule has 0 radical (unpaired) electrons. The standard InChI is InChI=1S/C20H18BrN3S/c1-12-5-4-6-13(2)17(12)23-20-18(19-14(3)9-10-25-19)22-16-8-7-15(21)11-24(16)20/h4-11,23H,1-3H3. The van der Waals surface area contributed by atoms with E-state index in [1.165, 1.54) is 21.6 Å². The summed E-state index contributed by atoms with van der Waals surface area (Å²) in [7, 11) is 0. The maximum absolute atomic E-state index is 4.90. The van der Waals surface area contributed by atoms with Crippen molar-refractivity contribution in [2.24, 2.45) is 0 Å². The van der Waals surface area contributed by atoms with Crippen LogP contribution in [0.2, 0.25) is 0 Å². The minimum atomic E-state index is 0.930. The van der Waals surface area contributed by atoms with Gasteiger partial charge in [-0.1, -0.05) is 18.2 Å². The zero-order chi connectivity index (χ0) is 17.6. The van der Waals surface area contributed by atoms with Crippen LogP contribution in [0.5, 0.6) is 0 Å². The molecule has 0 amide bonds. The van der Waals surface area contributed by atoms with Gasteiger partial charge in [0, 0.05) is 16.4 Å². The highest BCUT2D eigenvalue weighted by Crippen LogP contribution is 2.37. The second kappa shape index (κ2) is 6.32. The molecule has 1 aromatic carbocycles. The highest BCUT2D eigenvalue weighted by Gasteiger charge is 2.18. The predicted molar refractivity (Wildman–Crippen MR) is 110 cm³/mol. The van der Waals surface area contributed by atoms with Crippen LogP contribution in [0, 0.1) is 20.8 Å². The monoisotopic (exact) mass is 411 g/mol. The van der Waals surface area contributed by atoms with Gasteiger partial charge < -0.3 is 5.32 Å². The van der Waals surface area contributed by atoms with Crippen molar-refractivity contribution in [1.29, 1.82) is 0 Å². The summed E-state index contributed by atoms with van der Waals surface area (Å²) in [4.78, 5) is 6.10. The van der Waals surface area contributed by atoms with Crippen molar-refractivity contribution in [3.05, 3.63) is 69.1 Å². The second-order valence-corrected chi connectivity index (χ2v) is 8.04. The largest absolute Gasteiger partial charge is 0.339 e. The fourth-order valence-corrected chi connectivity index (χ4v) is 4.29. The molecule has 4 aromatic rings. The Labute approximate surface area is 159 Å². The molecule has 5 heteroatoms. The van der Waals surface area contributed by atoms with Gasteiger partial charge in [0.05, 0.1) is 4.88 Å². The SMILES string of the molecule is Cc1ccsc1-c1nc2ccc(Br)cn2c1Nc1c(C)cccc1C. The number of para-hydroxylation sites is 1. The second-order valence-electron chi connectivity index (χ2n) is 6.21. The molecule has 0 atom stereocenters. The van der Waals surface area contributed by atoms with E-state index in [0.29, 0.717) is 0 Å². The first kappa shape index (κ1) is 16.4. The Bertz CT molecular complexity index is 1060. The first-order chi connectivity index (χ1) is 12.0. The zero-order valence-corrected chi connectivity index (χ0v) is 16.7. The van der Waals surface area contributed by atoms with Gasteiger partial charge in [0.25, 0.3) is 0 Å². The smallest absolute Gasteiger partial charge is 0.144 e. The van der Waals surface area contributed by atoms with Gasteiger partial charge in [-0.2, -0.15) is 0 Å². The molecule has 0 unspecified atom stereocenters. The molecule has 0 aliphatic carbocycles. The van der Waals surface area contributed by atoms with E-state index in [0.717, 1.165) is 27.3 Å². The summed E-state index contributed by atoms with van der Waals surface area (Å²) in [6.45, 7) is 6.39. The Balaban J connectivity index is 1.97. The minimum absolute atomic E-state index is 0.930. The maximum atomic E-state index is 4.90. The number of hydrogen-bond acceptors (Lipinski definition) is 3. The lowest BCUT2D eigenvalue weighted by Crippen LogP contribution is -2.00. The average molecular weight is 412 g/mol. The molecule has 1 N–H and O–H groups in total. The van der Waals surface area contributed by atoms with Crippen LogP contribution in [0.15, 0.2) is 52.4 Å². The number of nitrogens with zero attached hydrogens (tertiary/aromatic N) is 2. The first-order valence-corrected chi connectivity index (χ1v) is 9.77. The lowest BCUT2D eigenvalue weighted by atomic mass is 10.1. The number of imidazole rings is 1. The van der Waals surface area contributed by atoms with Crippen LogP contribution in [0.4, 0.5) is 11.5 Å². The minimum Gasteiger partial charge on any atom is -0.339 e. The van der Waals surface area contributed by atoms with Gasteiger partial charge in [-0.15, -0.1) is 11.3 Å². The van der Waals surface area contributed by atoms with E-state index in [1.54, 1.807) is 11.3 Å². The van der Waals surface area contributed by atoms with E-state index in [1.807, 2.05) is 12.1 Å². The van der Waals surface area contributed by atoms with E-state index in [4.69, 9.17) is 4.98 Å². The molecule has 0 bridgehead atoms. The number of aromatic nitrogens is 2. The fourth-order valence-electron chi connectivity index (χ4n) is 3.04. The number of benzene rings is 1. The molecule has 3 heterocycles. The highest BCUT2D eigenvalue weighted by molar-refractivity contribution is 9.10. The lowest BCUT2D eigenvalue weighted by Gasteiger charge is -2.14. The molecule has 0 saturated heterocycles. The van der Waals surface area contributed by atoms with E-state index < -0.39 is 0 Å². The third-order valence-electron chi connectivity index (χ3n) is 4.38. The number of hydrogen-bond donors (Lipinski definition) is 1. The molecule has 0 spiro atoms. The number of anilines is 2. The molecule has 3 nitrogen and oxygen atoms in total. The normalized spacial score (nSPS) is 11.2. The van der Waals surface area contributed by atoms with Gasteiger partial charge in [-0.25, -0.2) is 4.98 Å². The van der Waals surface area contributed by atoms with Crippen LogP contribution in [0.1, 0.15) is 16.7 Å². The molecule has 126 valence electrons. The molecule has 0 fully saturated rings. The third kappa shape index (κ3) is 2.87. The summed E-state index contributed by atoms with van der Waals surface area (Å²) in [5.74, 6) is 0.999.